The number of hydrogen-bond donors (Lipinski definition) is 1. The number of nitrogens with one attached hydrogen (secondary N) is 1. The van der Waals surface area contributed by atoms with E-state index in [4.69, 9.17) is 11.6 Å². The first-order chi connectivity index (χ1) is 7.66. The normalized spacial score (nSPS) is 10.1. The van der Waals surface area contributed by atoms with Crippen LogP contribution in [0.25, 0.3) is 0 Å². The predicted octanol–water partition coefficient (Wildman–Crippen LogP) is 3.19. The molecule has 3 nitrogen and oxygen atoms in total. The highest BCUT2D eigenvalue weighted by molar-refractivity contribution is 7.07. The van der Waals surface area contributed by atoms with Crippen LogP contribution in [0.15, 0.2) is 29.1 Å². The number of thiazole rings is 1. The third kappa shape index (κ3) is 2.37. The van der Waals surface area contributed by atoms with Crippen molar-refractivity contribution in [2.24, 2.45) is 0 Å². The van der Waals surface area contributed by atoms with E-state index >= 15 is 0 Å². The van der Waals surface area contributed by atoms with Crippen LogP contribution in [0, 0.1) is 5.82 Å². The fraction of sp³-hybridized carbons (Fsp3) is 0. The molecule has 0 saturated carbocycles. The first-order valence-electron chi connectivity index (χ1n) is 4.31. The van der Waals surface area contributed by atoms with Crippen LogP contribution in [-0.2, 0) is 0 Å². The fourth-order valence-electron chi connectivity index (χ4n) is 1.09. The summed E-state index contributed by atoms with van der Waals surface area (Å²) in [5.41, 5.74) is 2.21. The van der Waals surface area contributed by atoms with Crippen molar-refractivity contribution in [3.05, 3.63) is 45.6 Å². The van der Waals surface area contributed by atoms with Gasteiger partial charge in [-0.3, -0.25) is 4.79 Å². The highest BCUT2D eigenvalue weighted by Crippen LogP contribution is 2.19. The van der Waals surface area contributed by atoms with Crippen molar-refractivity contribution in [3.63, 3.8) is 0 Å². The predicted molar refractivity (Wildman–Crippen MR) is 61.5 cm³/mol. The van der Waals surface area contributed by atoms with Crippen molar-refractivity contribution >= 4 is 34.5 Å². The molecule has 0 radical (unpaired) electrons. The van der Waals surface area contributed by atoms with Crippen molar-refractivity contribution in [1.82, 2.24) is 4.98 Å². The van der Waals surface area contributed by atoms with Gasteiger partial charge in [-0.05, 0) is 18.2 Å². The lowest BCUT2D eigenvalue weighted by Crippen LogP contribution is -2.12. The molecule has 1 aromatic carbocycles. The lowest BCUT2D eigenvalue weighted by Gasteiger charge is -2.03. The standard InChI is InChI=1S/C10H6ClFN2OS/c11-7-2-1-6(3-8(7)12)14-10(15)9-4-16-5-13-9/h1-5H,(H,14,15). The molecular formula is C10H6ClFN2OS. The summed E-state index contributed by atoms with van der Waals surface area (Å²) in [6.07, 6.45) is 0. The largest absolute Gasteiger partial charge is 0.321 e. The van der Waals surface area contributed by atoms with Gasteiger partial charge in [-0.1, -0.05) is 11.6 Å². The van der Waals surface area contributed by atoms with Crippen molar-refractivity contribution < 1.29 is 9.18 Å². The zero-order valence-electron chi connectivity index (χ0n) is 7.91. The number of amides is 1. The molecule has 0 spiro atoms. The van der Waals surface area contributed by atoms with Crippen molar-refractivity contribution in [1.29, 1.82) is 0 Å². The van der Waals surface area contributed by atoms with Gasteiger partial charge in [0.2, 0.25) is 0 Å². The van der Waals surface area contributed by atoms with E-state index in [9.17, 15) is 9.18 Å². The van der Waals surface area contributed by atoms with E-state index in [0.29, 0.717) is 11.4 Å². The number of carbonyl (C=O) groups excluding carboxylic acids is 1. The minimum Gasteiger partial charge on any atom is -0.321 e. The number of hydrogen-bond acceptors (Lipinski definition) is 3. The van der Waals surface area contributed by atoms with Gasteiger partial charge in [0, 0.05) is 11.1 Å². The number of rotatable bonds is 2. The number of anilines is 1. The minimum absolute atomic E-state index is 0.0201. The summed E-state index contributed by atoms with van der Waals surface area (Å²) in [6.45, 7) is 0. The molecule has 16 heavy (non-hydrogen) atoms. The molecule has 1 heterocycles. The van der Waals surface area contributed by atoms with Gasteiger partial charge in [0.05, 0.1) is 10.5 Å². The van der Waals surface area contributed by atoms with Crippen LogP contribution >= 0.6 is 22.9 Å². The summed E-state index contributed by atoms with van der Waals surface area (Å²) in [5, 5.41) is 4.15. The highest BCUT2D eigenvalue weighted by atomic mass is 35.5. The van der Waals surface area contributed by atoms with E-state index in [1.165, 1.54) is 23.5 Å². The SMILES string of the molecule is O=C(Nc1ccc(Cl)c(F)c1)c1cscn1. The lowest BCUT2D eigenvalue weighted by atomic mass is 10.3. The zero-order chi connectivity index (χ0) is 11.5. The van der Waals surface area contributed by atoms with Gasteiger partial charge < -0.3 is 5.32 Å². The number of benzene rings is 1. The monoisotopic (exact) mass is 256 g/mol. The molecule has 0 fully saturated rings. The van der Waals surface area contributed by atoms with E-state index in [2.05, 4.69) is 10.3 Å². The zero-order valence-corrected chi connectivity index (χ0v) is 9.48. The molecule has 0 aliphatic carbocycles. The maximum atomic E-state index is 13.1. The van der Waals surface area contributed by atoms with Crippen LogP contribution < -0.4 is 5.32 Å². The van der Waals surface area contributed by atoms with Gasteiger partial charge in [0.25, 0.3) is 5.91 Å². The second-order valence-electron chi connectivity index (χ2n) is 2.96. The van der Waals surface area contributed by atoms with Crippen LogP contribution in [0.4, 0.5) is 10.1 Å². The molecule has 0 atom stereocenters. The van der Waals surface area contributed by atoms with Gasteiger partial charge in [0.15, 0.2) is 0 Å². The fourth-order valence-corrected chi connectivity index (χ4v) is 1.74. The Morgan fingerprint density at radius 2 is 2.31 bits per heavy atom. The Hall–Kier alpha value is -1.46. The molecule has 0 aliphatic rings. The molecule has 0 bridgehead atoms. The Balaban J connectivity index is 2.15. The van der Waals surface area contributed by atoms with Crippen molar-refractivity contribution in [3.8, 4) is 0 Å². The number of halogens is 2. The molecule has 0 saturated heterocycles. The van der Waals surface area contributed by atoms with Crippen LogP contribution in [0.1, 0.15) is 10.5 Å². The molecule has 2 aromatic rings. The van der Waals surface area contributed by atoms with E-state index in [0.717, 1.165) is 6.07 Å². The quantitative estimate of drug-likeness (QED) is 0.897. The number of carbonyl (C=O) groups is 1. The van der Waals surface area contributed by atoms with E-state index in [1.54, 1.807) is 10.9 Å². The smallest absolute Gasteiger partial charge is 0.275 e. The molecule has 1 aromatic heterocycles. The van der Waals surface area contributed by atoms with E-state index in [-0.39, 0.29) is 10.9 Å². The molecule has 82 valence electrons. The summed E-state index contributed by atoms with van der Waals surface area (Å²) >= 11 is 6.84. The van der Waals surface area contributed by atoms with Gasteiger partial charge in [0.1, 0.15) is 11.5 Å². The van der Waals surface area contributed by atoms with E-state index in [1.807, 2.05) is 0 Å². The summed E-state index contributed by atoms with van der Waals surface area (Å²) in [6, 6.07) is 4.07. The first-order valence-corrected chi connectivity index (χ1v) is 5.63. The lowest BCUT2D eigenvalue weighted by molar-refractivity contribution is 0.102. The van der Waals surface area contributed by atoms with Crippen LogP contribution in [0.2, 0.25) is 5.02 Å². The number of nitrogens with zero attached hydrogens (tertiary/aromatic N) is 1. The van der Waals surface area contributed by atoms with E-state index < -0.39 is 5.82 Å². The molecular weight excluding hydrogens is 251 g/mol. The van der Waals surface area contributed by atoms with Gasteiger partial charge >= 0.3 is 0 Å². The van der Waals surface area contributed by atoms with Crippen LogP contribution in [0.3, 0.4) is 0 Å². The molecule has 1 N–H and O–H groups in total. The Labute approximate surface area is 99.9 Å². The third-order valence-electron chi connectivity index (χ3n) is 1.84. The Bertz CT molecular complexity index is 516. The Kier molecular flexibility index (Phi) is 3.17. The molecule has 0 aliphatic heterocycles. The maximum Gasteiger partial charge on any atom is 0.275 e. The summed E-state index contributed by atoms with van der Waals surface area (Å²) in [5.74, 6) is -0.944. The van der Waals surface area contributed by atoms with Crippen molar-refractivity contribution in [2.45, 2.75) is 0 Å². The summed E-state index contributed by atoms with van der Waals surface area (Å²) in [7, 11) is 0. The second-order valence-corrected chi connectivity index (χ2v) is 4.08. The van der Waals surface area contributed by atoms with Crippen molar-refractivity contribution in [2.75, 3.05) is 5.32 Å². The topological polar surface area (TPSA) is 42.0 Å². The summed E-state index contributed by atoms with van der Waals surface area (Å²) < 4.78 is 13.1. The molecule has 2 rings (SSSR count). The minimum atomic E-state index is -0.572. The van der Waals surface area contributed by atoms with Crippen LogP contribution in [-0.4, -0.2) is 10.9 Å². The summed E-state index contributed by atoms with van der Waals surface area (Å²) in [4.78, 5) is 15.4. The average molecular weight is 257 g/mol. The Morgan fingerprint density at radius 1 is 1.50 bits per heavy atom. The average Bonchev–Trinajstić information content (AvgIpc) is 2.77. The van der Waals surface area contributed by atoms with Gasteiger partial charge in [-0.25, -0.2) is 9.37 Å². The molecule has 0 unspecified atom stereocenters. The highest BCUT2D eigenvalue weighted by Gasteiger charge is 2.09. The first kappa shape index (κ1) is 11.0. The van der Waals surface area contributed by atoms with Gasteiger partial charge in [-0.15, -0.1) is 11.3 Å². The van der Waals surface area contributed by atoms with Crippen LogP contribution in [0.5, 0.6) is 0 Å². The third-order valence-corrected chi connectivity index (χ3v) is 2.74. The van der Waals surface area contributed by atoms with Gasteiger partial charge in [-0.2, -0.15) is 0 Å². The molecule has 6 heteroatoms. The number of aromatic nitrogens is 1. The second kappa shape index (κ2) is 4.59. The molecule has 1 amide bonds. The Morgan fingerprint density at radius 3 is 2.94 bits per heavy atom. The maximum absolute atomic E-state index is 13.1.